The first-order valence-corrected chi connectivity index (χ1v) is 12.6. The van der Waals surface area contributed by atoms with E-state index in [1.165, 1.54) is 24.5 Å². The Labute approximate surface area is 227 Å². The highest BCUT2D eigenvalue weighted by Crippen LogP contribution is 2.39. The summed E-state index contributed by atoms with van der Waals surface area (Å²) in [6, 6.07) is 7.92. The minimum Gasteiger partial charge on any atom is -0.483 e. The van der Waals surface area contributed by atoms with Gasteiger partial charge in [-0.1, -0.05) is 11.6 Å². The van der Waals surface area contributed by atoms with E-state index in [9.17, 15) is 18.0 Å². The van der Waals surface area contributed by atoms with E-state index in [0.717, 1.165) is 25.2 Å². The van der Waals surface area contributed by atoms with Crippen molar-refractivity contribution in [2.45, 2.75) is 19.1 Å². The molecule has 39 heavy (non-hydrogen) atoms. The maximum atomic E-state index is 13.7. The molecule has 0 bridgehead atoms. The van der Waals surface area contributed by atoms with Crippen molar-refractivity contribution in [3.8, 4) is 17.4 Å². The average molecular weight is 563 g/mol. The van der Waals surface area contributed by atoms with Crippen molar-refractivity contribution < 1.29 is 27.4 Å². The Hall–Kier alpha value is -3.77. The summed E-state index contributed by atoms with van der Waals surface area (Å²) in [5.74, 6) is 0.367. The van der Waals surface area contributed by atoms with Crippen LogP contribution in [0.2, 0.25) is 5.02 Å². The van der Waals surface area contributed by atoms with Crippen LogP contribution in [-0.2, 0) is 6.18 Å². The van der Waals surface area contributed by atoms with Crippen LogP contribution in [0, 0.1) is 0 Å². The van der Waals surface area contributed by atoms with Gasteiger partial charge in [-0.2, -0.15) is 18.2 Å². The van der Waals surface area contributed by atoms with Crippen molar-refractivity contribution >= 4 is 34.7 Å². The minimum atomic E-state index is -4.57. The molecule has 1 aromatic heterocycles. The van der Waals surface area contributed by atoms with Gasteiger partial charge in [0, 0.05) is 43.1 Å². The van der Waals surface area contributed by atoms with Crippen LogP contribution in [0.1, 0.15) is 22.8 Å². The highest BCUT2D eigenvalue weighted by atomic mass is 35.5. The van der Waals surface area contributed by atoms with Crippen LogP contribution >= 0.6 is 11.6 Å². The normalized spacial score (nSPS) is 17.6. The van der Waals surface area contributed by atoms with Gasteiger partial charge in [0.2, 0.25) is 5.75 Å². The largest absolute Gasteiger partial charge is 0.483 e. The second-order valence-corrected chi connectivity index (χ2v) is 9.88. The maximum Gasteiger partial charge on any atom is 0.416 e. The lowest BCUT2D eigenvalue weighted by atomic mass is 10.1. The Morgan fingerprint density at radius 1 is 1.15 bits per heavy atom. The van der Waals surface area contributed by atoms with Crippen LogP contribution < -0.4 is 25.0 Å². The van der Waals surface area contributed by atoms with Crippen molar-refractivity contribution in [1.82, 2.24) is 14.9 Å². The van der Waals surface area contributed by atoms with Crippen molar-refractivity contribution in [1.29, 1.82) is 0 Å². The SMILES string of the molecule is C[C@H]1COc2c(ncnc2Oc2cc(C(=O)Nc3cc(N4CCN(C)CC4)cc(C(F)(F)F)c3)ccc2Cl)N1. The van der Waals surface area contributed by atoms with Gasteiger partial charge in [0.15, 0.2) is 5.82 Å². The molecule has 1 amide bonds. The quantitative estimate of drug-likeness (QED) is 0.442. The Kier molecular flexibility index (Phi) is 7.41. The van der Waals surface area contributed by atoms with Crippen LogP contribution in [-0.4, -0.2) is 66.7 Å². The zero-order chi connectivity index (χ0) is 27.7. The molecule has 1 saturated heterocycles. The number of benzene rings is 2. The number of likely N-dealkylation sites (N-methyl/N-ethyl adjacent to an activating group) is 1. The standard InChI is InChI=1S/C26H26ClF3N6O3/c1-15-13-38-22-23(33-15)31-14-32-25(22)39-21-9-16(3-4-20(21)27)24(37)34-18-10-17(26(28,29)30)11-19(12-18)36-7-5-35(2)6-8-36/h3-4,9-12,14-15H,5-8,13H2,1-2H3,(H,34,37)(H,31,32,33)/t15-/m0/s1. The molecule has 9 nitrogen and oxygen atoms in total. The van der Waals surface area contributed by atoms with Crippen LogP contribution in [0.3, 0.4) is 0 Å². The fourth-order valence-corrected chi connectivity index (χ4v) is 4.43. The number of halogens is 4. The summed E-state index contributed by atoms with van der Waals surface area (Å²) in [7, 11) is 1.96. The number of amides is 1. The number of carbonyl (C=O) groups is 1. The van der Waals surface area contributed by atoms with Crippen molar-refractivity contribution in [3.63, 3.8) is 0 Å². The van der Waals surface area contributed by atoms with E-state index in [1.807, 2.05) is 18.9 Å². The number of nitrogens with zero attached hydrogens (tertiary/aromatic N) is 4. The van der Waals surface area contributed by atoms with Gasteiger partial charge in [0.25, 0.3) is 11.8 Å². The molecular formula is C26H26ClF3N6O3. The number of alkyl halides is 3. The number of hydrogen-bond acceptors (Lipinski definition) is 8. The monoisotopic (exact) mass is 562 g/mol. The molecule has 3 aromatic rings. The molecule has 13 heteroatoms. The van der Waals surface area contributed by atoms with E-state index in [4.69, 9.17) is 21.1 Å². The predicted molar refractivity (Wildman–Crippen MR) is 141 cm³/mol. The molecule has 0 aliphatic carbocycles. The molecule has 206 valence electrons. The smallest absolute Gasteiger partial charge is 0.416 e. The molecule has 2 aliphatic rings. The first kappa shape index (κ1) is 26.8. The molecule has 3 heterocycles. The topological polar surface area (TPSA) is 91.8 Å². The molecule has 5 rings (SSSR count). The van der Waals surface area contributed by atoms with Crippen molar-refractivity contribution in [3.05, 3.63) is 58.9 Å². The summed E-state index contributed by atoms with van der Waals surface area (Å²) in [6.45, 7) is 4.91. The summed E-state index contributed by atoms with van der Waals surface area (Å²) in [5.41, 5.74) is -0.293. The van der Waals surface area contributed by atoms with Gasteiger partial charge in [-0.15, -0.1) is 0 Å². The highest BCUT2D eigenvalue weighted by Gasteiger charge is 2.32. The van der Waals surface area contributed by atoms with Crippen LogP contribution in [0.5, 0.6) is 17.4 Å². The molecular weight excluding hydrogens is 537 g/mol. The second kappa shape index (κ2) is 10.8. The zero-order valence-electron chi connectivity index (χ0n) is 21.2. The number of anilines is 3. The average Bonchev–Trinajstić information content (AvgIpc) is 2.89. The lowest BCUT2D eigenvalue weighted by molar-refractivity contribution is -0.137. The molecule has 0 radical (unpaired) electrons. The van der Waals surface area contributed by atoms with Gasteiger partial charge >= 0.3 is 6.18 Å². The van der Waals surface area contributed by atoms with E-state index in [2.05, 4.69) is 25.5 Å². The molecule has 2 N–H and O–H groups in total. The number of hydrogen-bond donors (Lipinski definition) is 2. The van der Waals surface area contributed by atoms with Crippen LogP contribution in [0.15, 0.2) is 42.7 Å². The Balaban J connectivity index is 1.39. The van der Waals surface area contributed by atoms with E-state index in [-0.39, 0.29) is 33.9 Å². The third kappa shape index (κ3) is 6.12. The van der Waals surface area contributed by atoms with Crippen molar-refractivity contribution in [2.75, 3.05) is 55.4 Å². The Bertz CT molecular complexity index is 1380. The fourth-order valence-electron chi connectivity index (χ4n) is 4.27. The number of nitrogens with one attached hydrogen (secondary N) is 2. The Morgan fingerprint density at radius 2 is 1.92 bits per heavy atom. The van der Waals surface area contributed by atoms with Crippen LogP contribution in [0.25, 0.3) is 0 Å². The second-order valence-electron chi connectivity index (χ2n) is 9.47. The van der Waals surface area contributed by atoms with Crippen molar-refractivity contribution in [2.24, 2.45) is 0 Å². The first-order valence-electron chi connectivity index (χ1n) is 12.3. The summed E-state index contributed by atoms with van der Waals surface area (Å²) < 4.78 is 52.6. The molecule has 0 unspecified atom stereocenters. The highest BCUT2D eigenvalue weighted by molar-refractivity contribution is 6.32. The summed E-state index contributed by atoms with van der Waals surface area (Å²) in [5, 5.41) is 5.95. The van der Waals surface area contributed by atoms with Gasteiger partial charge < -0.3 is 29.9 Å². The van der Waals surface area contributed by atoms with E-state index >= 15 is 0 Å². The van der Waals surface area contributed by atoms with E-state index < -0.39 is 17.6 Å². The number of ether oxygens (including phenoxy) is 2. The number of rotatable bonds is 5. The molecule has 1 fully saturated rings. The summed E-state index contributed by atoms with van der Waals surface area (Å²) >= 11 is 6.31. The minimum absolute atomic E-state index is 0.0274. The number of fused-ring (bicyclic) bond motifs is 1. The summed E-state index contributed by atoms with van der Waals surface area (Å²) in [4.78, 5) is 25.4. The third-order valence-electron chi connectivity index (χ3n) is 6.40. The molecule has 0 spiro atoms. The molecule has 1 atom stereocenters. The van der Waals surface area contributed by atoms with Gasteiger partial charge in [0.1, 0.15) is 18.7 Å². The Morgan fingerprint density at radius 3 is 2.67 bits per heavy atom. The first-order chi connectivity index (χ1) is 18.6. The number of aromatic nitrogens is 2. The number of carbonyl (C=O) groups excluding carboxylic acids is 1. The van der Waals surface area contributed by atoms with Gasteiger partial charge in [-0.3, -0.25) is 4.79 Å². The third-order valence-corrected chi connectivity index (χ3v) is 6.72. The van der Waals surface area contributed by atoms with Gasteiger partial charge in [-0.25, -0.2) is 4.98 Å². The maximum absolute atomic E-state index is 13.7. The van der Waals surface area contributed by atoms with Gasteiger partial charge in [-0.05, 0) is 50.4 Å². The lowest BCUT2D eigenvalue weighted by Gasteiger charge is -2.34. The number of piperazine rings is 1. The lowest BCUT2D eigenvalue weighted by Crippen LogP contribution is -2.44. The molecule has 2 aromatic carbocycles. The van der Waals surface area contributed by atoms with Crippen LogP contribution in [0.4, 0.5) is 30.4 Å². The fraction of sp³-hybridized carbons (Fsp3) is 0.346. The van der Waals surface area contributed by atoms with Gasteiger partial charge in [0.05, 0.1) is 16.6 Å². The summed E-state index contributed by atoms with van der Waals surface area (Å²) in [6.07, 6.45) is -3.27. The molecule has 0 saturated carbocycles. The van der Waals surface area contributed by atoms with E-state index in [1.54, 1.807) is 6.07 Å². The van der Waals surface area contributed by atoms with E-state index in [0.29, 0.717) is 37.0 Å². The zero-order valence-corrected chi connectivity index (χ0v) is 21.9. The molecule has 2 aliphatic heterocycles. The predicted octanol–water partition coefficient (Wildman–Crippen LogP) is 5.14.